The molecule has 1 aliphatic heterocycles. The van der Waals surface area contributed by atoms with Gasteiger partial charge < -0.3 is 14.7 Å². The largest absolute Gasteiger partial charge is 0.444 e. The van der Waals surface area contributed by atoms with Crippen LogP contribution < -0.4 is 0 Å². The standard InChI is InChI=1S/C11H18FNO3/c1-11(2,3)16-10(15)13-5-4-8(6-13)9(12)7-14/h14H,4-7H2,1-3H3/b9-8+. The van der Waals surface area contributed by atoms with E-state index in [-0.39, 0.29) is 6.54 Å². The molecule has 0 unspecified atom stereocenters. The molecule has 0 aliphatic carbocycles. The minimum atomic E-state index is -0.600. The third kappa shape index (κ3) is 3.48. The van der Waals surface area contributed by atoms with Crippen molar-refractivity contribution < 1.29 is 19.0 Å². The van der Waals surface area contributed by atoms with E-state index in [2.05, 4.69) is 0 Å². The fourth-order valence-corrected chi connectivity index (χ4v) is 1.47. The minimum Gasteiger partial charge on any atom is -0.444 e. The number of rotatable bonds is 1. The van der Waals surface area contributed by atoms with Crippen molar-refractivity contribution in [3.8, 4) is 0 Å². The number of aliphatic hydroxyl groups is 1. The molecular weight excluding hydrogens is 213 g/mol. The molecule has 0 bridgehead atoms. The van der Waals surface area contributed by atoms with E-state index in [0.717, 1.165) is 0 Å². The summed E-state index contributed by atoms with van der Waals surface area (Å²) in [7, 11) is 0. The molecule has 0 saturated carbocycles. The highest BCUT2D eigenvalue weighted by atomic mass is 19.1. The molecular formula is C11H18FNO3. The Balaban J connectivity index is 2.57. The smallest absolute Gasteiger partial charge is 0.410 e. The maximum atomic E-state index is 13.1. The van der Waals surface area contributed by atoms with Crippen LogP contribution in [0, 0.1) is 0 Å². The second-order valence-electron chi connectivity index (χ2n) is 4.82. The summed E-state index contributed by atoms with van der Waals surface area (Å²) in [4.78, 5) is 13.1. The summed E-state index contributed by atoms with van der Waals surface area (Å²) < 4.78 is 18.2. The van der Waals surface area contributed by atoms with Crippen LogP contribution in [0.3, 0.4) is 0 Å². The maximum Gasteiger partial charge on any atom is 0.410 e. The fourth-order valence-electron chi connectivity index (χ4n) is 1.47. The van der Waals surface area contributed by atoms with Crippen molar-refractivity contribution in [2.75, 3.05) is 19.7 Å². The maximum absolute atomic E-state index is 13.1. The minimum absolute atomic E-state index is 0.210. The summed E-state index contributed by atoms with van der Waals surface area (Å²) in [6, 6.07) is 0. The lowest BCUT2D eigenvalue weighted by Gasteiger charge is -2.23. The Morgan fingerprint density at radius 2 is 2.19 bits per heavy atom. The summed E-state index contributed by atoms with van der Waals surface area (Å²) in [5.74, 6) is -0.536. The Kier molecular flexibility index (Phi) is 3.91. The quantitative estimate of drug-likeness (QED) is 0.749. The molecule has 5 heteroatoms. The van der Waals surface area contributed by atoms with Gasteiger partial charge in [0, 0.05) is 13.1 Å². The van der Waals surface area contributed by atoms with Crippen molar-refractivity contribution in [1.82, 2.24) is 4.90 Å². The first-order chi connectivity index (χ1) is 7.33. The second-order valence-corrected chi connectivity index (χ2v) is 4.82. The zero-order valence-corrected chi connectivity index (χ0v) is 9.92. The first-order valence-electron chi connectivity index (χ1n) is 5.28. The first-order valence-corrected chi connectivity index (χ1v) is 5.28. The van der Waals surface area contributed by atoms with Gasteiger partial charge in [-0.15, -0.1) is 0 Å². The van der Waals surface area contributed by atoms with Gasteiger partial charge >= 0.3 is 6.09 Å². The summed E-state index contributed by atoms with van der Waals surface area (Å²) in [5.41, 5.74) is -0.0626. The van der Waals surface area contributed by atoms with Crippen LogP contribution >= 0.6 is 0 Å². The van der Waals surface area contributed by atoms with Crippen LogP contribution in [0.5, 0.6) is 0 Å². The van der Waals surface area contributed by atoms with E-state index in [1.165, 1.54) is 4.90 Å². The highest BCUT2D eigenvalue weighted by Gasteiger charge is 2.27. The molecule has 4 nitrogen and oxygen atoms in total. The van der Waals surface area contributed by atoms with E-state index in [9.17, 15) is 9.18 Å². The van der Waals surface area contributed by atoms with Crippen LogP contribution in [0.1, 0.15) is 27.2 Å². The molecule has 1 saturated heterocycles. The van der Waals surface area contributed by atoms with Gasteiger partial charge in [-0.1, -0.05) is 0 Å². The number of halogens is 1. The molecule has 0 aromatic rings. The van der Waals surface area contributed by atoms with Gasteiger partial charge in [-0.25, -0.2) is 9.18 Å². The number of amides is 1. The Morgan fingerprint density at radius 1 is 1.56 bits per heavy atom. The predicted octanol–water partition coefficient (Wildman–Crippen LogP) is 1.84. The molecule has 0 spiro atoms. The number of ether oxygens (including phenoxy) is 1. The summed E-state index contributed by atoms with van der Waals surface area (Å²) in [6.45, 7) is 5.40. The molecule has 1 amide bonds. The number of carbonyl (C=O) groups is 1. The van der Waals surface area contributed by atoms with E-state index in [4.69, 9.17) is 9.84 Å². The van der Waals surface area contributed by atoms with Gasteiger partial charge in [0.1, 0.15) is 11.4 Å². The Morgan fingerprint density at radius 3 is 2.69 bits per heavy atom. The van der Waals surface area contributed by atoms with Gasteiger partial charge in [0.15, 0.2) is 0 Å². The number of hydrogen-bond acceptors (Lipinski definition) is 3. The number of carbonyl (C=O) groups excluding carboxylic acids is 1. The average Bonchev–Trinajstić information content (AvgIpc) is 2.62. The summed E-state index contributed by atoms with van der Waals surface area (Å²) >= 11 is 0. The van der Waals surface area contributed by atoms with Crippen LogP contribution in [-0.4, -0.2) is 41.4 Å². The molecule has 1 fully saturated rings. The van der Waals surface area contributed by atoms with Crippen LogP contribution in [0.15, 0.2) is 11.4 Å². The lowest BCUT2D eigenvalue weighted by atomic mass is 10.2. The van der Waals surface area contributed by atoms with Crippen molar-refractivity contribution in [3.63, 3.8) is 0 Å². The van der Waals surface area contributed by atoms with Gasteiger partial charge in [0.05, 0.1) is 6.61 Å². The Hall–Kier alpha value is -1.10. The molecule has 92 valence electrons. The number of likely N-dealkylation sites (tertiary alicyclic amines) is 1. The van der Waals surface area contributed by atoms with E-state index in [1.54, 1.807) is 20.8 Å². The lowest BCUT2D eigenvalue weighted by molar-refractivity contribution is 0.0299. The average molecular weight is 231 g/mol. The Bertz CT molecular complexity index is 307. The molecule has 1 N–H and O–H groups in total. The van der Waals surface area contributed by atoms with Crippen molar-refractivity contribution in [1.29, 1.82) is 0 Å². The number of nitrogens with zero attached hydrogens (tertiary/aromatic N) is 1. The van der Waals surface area contributed by atoms with Crippen LogP contribution in [0.2, 0.25) is 0 Å². The van der Waals surface area contributed by atoms with Crippen LogP contribution in [0.25, 0.3) is 0 Å². The zero-order valence-electron chi connectivity index (χ0n) is 9.92. The van der Waals surface area contributed by atoms with E-state index >= 15 is 0 Å². The predicted molar refractivity (Wildman–Crippen MR) is 57.6 cm³/mol. The van der Waals surface area contributed by atoms with Gasteiger partial charge in [-0.2, -0.15) is 0 Å². The van der Waals surface area contributed by atoms with Crippen molar-refractivity contribution in [2.24, 2.45) is 0 Å². The Labute approximate surface area is 94.7 Å². The van der Waals surface area contributed by atoms with E-state index in [1.807, 2.05) is 0 Å². The van der Waals surface area contributed by atoms with Gasteiger partial charge in [0.25, 0.3) is 0 Å². The molecule has 0 atom stereocenters. The fraction of sp³-hybridized carbons (Fsp3) is 0.727. The zero-order chi connectivity index (χ0) is 12.3. The highest BCUT2D eigenvalue weighted by molar-refractivity contribution is 5.69. The van der Waals surface area contributed by atoms with Crippen molar-refractivity contribution in [2.45, 2.75) is 32.8 Å². The molecule has 1 heterocycles. The molecule has 0 aromatic carbocycles. The first kappa shape index (κ1) is 13.0. The molecule has 16 heavy (non-hydrogen) atoms. The van der Waals surface area contributed by atoms with E-state index < -0.39 is 24.1 Å². The lowest BCUT2D eigenvalue weighted by Crippen LogP contribution is -2.34. The molecule has 1 rings (SSSR count). The van der Waals surface area contributed by atoms with Gasteiger partial charge in [-0.05, 0) is 32.8 Å². The number of hydrogen-bond donors (Lipinski definition) is 1. The molecule has 1 aliphatic rings. The highest BCUT2D eigenvalue weighted by Crippen LogP contribution is 2.21. The SMILES string of the molecule is CC(C)(C)OC(=O)N1CC/C(=C(\F)CO)C1. The van der Waals surface area contributed by atoms with E-state index in [0.29, 0.717) is 18.5 Å². The molecule has 0 aromatic heterocycles. The van der Waals surface area contributed by atoms with Gasteiger partial charge in [0.2, 0.25) is 0 Å². The second kappa shape index (κ2) is 4.82. The monoisotopic (exact) mass is 231 g/mol. The number of aliphatic hydroxyl groups excluding tert-OH is 1. The summed E-state index contributed by atoms with van der Waals surface area (Å²) in [6.07, 6.45) is 0.0271. The normalized spacial score (nSPS) is 19.9. The summed E-state index contributed by atoms with van der Waals surface area (Å²) in [5, 5.41) is 8.64. The van der Waals surface area contributed by atoms with Crippen LogP contribution in [0.4, 0.5) is 9.18 Å². The third-order valence-electron chi connectivity index (χ3n) is 2.24. The van der Waals surface area contributed by atoms with Gasteiger partial charge in [-0.3, -0.25) is 0 Å². The van der Waals surface area contributed by atoms with Crippen molar-refractivity contribution >= 4 is 6.09 Å². The van der Waals surface area contributed by atoms with Crippen molar-refractivity contribution in [3.05, 3.63) is 11.4 Å². The topological polar surface area (TPSA) is 49.8 Å². The van der Waals surface area contributed by atoms with Crippen LogP contribution in [-0.2, 0) is 4.74 Å². The third-order valence-corrected chi connectivity index (χ3v) is 2.24. The molecule has 0 radical (unpaired) electrons.